The van der Waals surface area contributed by atoms with Crippen LogP contribution in [0.25, 0.3) is 0 Å². The number of amides is 1. The largest absolute Gasteiger partial charge is 0.480 e. The Morgan fingerprint density at radius 2 is 1.48 bits per heavy atom. The van der Waals surface area contributed by atoms with Crippen LogP contribution in [0.2, 0.25) is 0 Å². The number of aliphatic carboxylic acids is 2. The highest BCUT2D eigenvalue weighted by Crippen LogP contribution is 2.15. The summed E-state index contributed by atoms with van der Waals surface area (Å²) in [5.74, 6) is -2.05. The topological polar surface area (TPSA) is 222 Å². The Morgan fingerprint density at radius 3 is 2.18 bits per heavy atom. The van der Waals surface area contributed by atoms with Gasteiger partial charge < -0.3 is 44.2 Å². The summed E-state index contributed by atoms with van der Waals surface area (Å²) in [6.45, 7) is 12.4. The molecule has 3 N–H and O–H groups in total. The van der Waals surface area contributed by atoms with Crippen LogP contribution in [0.4, 0.5) is 5.69 Å². The maximum Gasteiger partial charge on any atom is 0.320 e. The zero-order valence-corrected chi connectivity index (χ0v) is 36.2. The normalized spacial score (nSPS) is 15.5. The maximum atomic E-state index is 12.3. The summed E-state index contributed by atoms with van der Waals surface area (Å²) in [6, 6.07) is -0.840. The van der Waals surface area contributed by atoms with Gasteiger partial charge in [0.25, 0.3) is 0 Å². The van der Waals surface area contributed by atoms with Crippen LogP contribution >= 0.6 is 0 Å². The average molecular weight is 854 g/mol. The first-order valence-electron chi connectivity index (χ1n) is 21.6. The highest BCUT2D eigenvalue weighted by molar-refractivity contribution is 5.85. The molecule has 18 nitrogen and oxygen atoms in total. The number of carbonyl (C=O) groups is 5. The number of nitrogens with one attached hydrogen (secondary N) is 1. The highest BCUT2D eigenvalue weighted by atomic mass is 16.5. The molecule has 2 unspecified atom stereocenters. The SMILES string of the molecule is CCCOCCCN(CC(=O)CCCCOCCOC(C)COCCCCc1c(NCCCC(C(=O)O)N2CCN(CC=O)CCN(CC(=O)O)CC2)c(=O)c1=O)C(C)=O. The van der Waals surface area contributed by atoms with Crippen LogP contribution in [0, 0.1) is 0 Å². The number of aldehydes is 1. The van der Waals surface area contributed by atoms with E-state index in [-0.39, 0.29) is 49.5 Å². The molecule has 1 aliphatic rings. The summed E-state index contributed by atoms with van der Waals surface area (Å²) in [4.78, 5) is 90.7. The minimum Gasteiger partial charge on any atom is -0.480 e. The first kappa shape index (κ1) is 52.5. The van der Waals surface area contributed by atoms with Crippen LogP contribution in [-0.4, -0.2) is 190 Å². The lowest BCUT2D eigenvalue weighted by Crippen LogP contribution is -2.47. The van der Waals surface area contributed by atoms with Gasteiger partial charge in [-0.3, -0.25) is 43.5 Å². The quantitative estimate of drug-likeness (QED) is 0.0498. The zero-order chi connectivity index (χ0) is 44.1. The first-order valence-corrected chi connectivity index (χ1v) is 21.6. The number of unbranched alkanes of at least 4 members (excludes halogenated alkanes) is 2. The molecule has 1 amide bonds. The van der Waals surface area contributed by atoms with E-state index in [0.29, 0.717) is 149 Å². The van der Waals surface area contributed by atoms with E-state index in [1.165, 1.54) is 6.92 Å². The molecule has 60 heavy (non-hydrogen) atoms. The Balaban J connectivity index is 1.59. The van der Waals surface area contributed by atoms with E-state index in [4.69, 9.17) is 18.9 Å². The number of carbonyl (C=O) groups excluding carboxylic acids is 3. The molecule has 2 atom stereocenters. The fourth-order valence-electron chi connectivity index (χ4n) is 6.93. The van der Waals surface area contributed by atoms with E-state index in [2.05, 4.69) is 5.32 Å². The summed E-state index contributed by atoms with van der Waals surface area (Å²) in [6.07, 6.45) is 6.57. The van der Waals surface area contributed by atoms with Gasteiger partial charge in [0.15, 0.2) is 5.78 Å². The molecule has 1 aromatic rings. The van der Waals surface area contributed by atoms with Crippen LogP contribution in [-0.2, 0) is 49.3 Å². The van der Waals surface area contributed by atoms with Crippen molar-refractivity contribution < 1.29 is 53.1 Å². The van der Waals surface area contributed by atoms with Crippen molar-refractivity contribution in [3.05, 3.63) is 26.0 Å². The molecule has 1 heterocycles. The van der Waals surface area contributed by atoms with E-state index in [1.54, 1.807) is 9.80 Å². The summed E-state index contributed by atoms with van der Waals surface area (Å²) in [7, 11) is 0. The van der Waals surface area contributed by atoms with E-state index in [0.717, 1.165) is 19.1 Å². The number of hydrogen-bond donors (Lipinski definition) is 3. The predicted molar refractivity (Wildman–Crippen MR) is 225 cm³/mol. The molecule has 18 heteroatoms. The average Bonchev–Trinajstić information content (AvgIpc) is 3.30. The zero-order valence-electron chi connectivity index (χ0n) is 36.2. The molecule has 0 spiro atoms. The standard InChI is InChI=1S/C42H71N5O13/c1-4-24-57-27-10-15-47(34(3)49)30-35(50)11-5-7-25-58-28-29-60-33(2)32-59-26-8-6-12-36-39(41(54)40(36)53)43-14-9-13-37(42(55)56)46-20-18-44(22-23-48)16-17-45(19-21-46)31-38(51)52/h23,33,37,43H,4-22,24-32H2,1-3H3,(H,51,52)(H,55,56). The van der Waals surface area contributed by atoms with Gasteiger partial charge >= 0.3 is 11.9 Å². The monoisotopic (exact) mass is 854 g/mol. The fraction of sp³-hybridized carbons (Fsp3) is 0.786. The number of nitrogens with zero attached hydrogens (tertiary/aromatic N) is 4. The molecule has 0 radical (unpaired) electrons. The number of ketones is 1. The number of Topliss-reactive ketones (excluding diaryl/α,β-unsaturated/α-hetero) is 1. The Kier molecular flexibility index (Phi) is 27.3. The van der Waals surface area contributed by atoms with E-state index >= 15 is 0 Å². The number of carboxylic acids is 2. The van der Waals surface area contributed by atoms with E-state index in [1.807, 2.05) is 23.6 Å². The first-order chi connectivity index (χ1) is 28.9. The molecule has 1 fully saturated rings. The third kappa shape index (κ3) is 21.7. The van der Waals surface area contributed by atoms with Gasteiger partial charge in [-0.25, -0.2) is 0 Å². The fourth-order valence-corrected chi connectivity index (χ4v) is 6.93. The lowest BCUT2D eigenvalue weighted by molar-refractivity contribution is -0.144. The highest BCUT2D eigenvalue weighted by Gasteiger charge is 2.28. The number of anilines is 1. The second-order valence-corrected chi connectivity index (χ2v) is 15.3. The molecular formula is C42H71N5O13. The third-order valence-electron chi connectivity index (χ3n) is 10.3. The number of carboxylic acid groups (broad SMARTS) is 2. The van der Waals surface area contributed by atoms with Gasteiger partial charge in [0, 0.05) is 97.7 Å². The van der Waals surface area contributed by atoms with Gasteiger partial charge in [0.05, 0.1) is 51.2 Å². The minimum atomic E-state index is -1.00. The number of hydrogen-bond acceptors (Lipinski definition) is 15. The van der Waals surface area contributed by atoms with Crippen molar-refractivity contribution in [1.29, 1.82) is 0 Å². The lowest BCUT2D eigenvalue weighted by atomic mass is 10.0. The molecular weight excluding hydrogens is 782 g/mol. The van der Waals surface area contributed by atoms with Crippen LogP contribution in [0.5, 0.6) is 0 Å². The van der Waals surface area contributed by atoms with Crippen molar-refractivity contribution in [2.24, 2.45) is 0 Å². The van der Waals surface area contributed by atoms with Crippen molar-refractivity contribution in [1.82, 2.24) is 19.6 Å². The molecule has 1 aliphatic heterocycles. The van der Waals surface area contributed by atoms with Crippen molar-refractivity contribution >= 4 is 35.6 Å². The number of ether oxygens (including phenoxy) is 4. The molecule has 0 aliphatic carbocycles. The summed E-state index contributed by atoms with van der Waals surface area (Å²) in [5.41, 5.74) is -0.329. The van der Waals surface area contributed by atoms with Gasteiger partial charge in [-0.15, -0.1) is 0 Å². The van der Waals surface area contributed by atoms with Crippen LogP contribution in [0.15, 0.2) is 9.59 Å². The Labute approximate surface area is 354 Å². The lowest BCUT2D eigenvalue weighted by Gasteiger charge is -2.30. The van der Waals surface area contributed by atoms with Gasteiger partial charge in [-0.2, -0.15) is 0 Å². The van der Waals surface area contributed by atoms with Crippen LogP contribution < -0.4 is 16.2 Å². The van der Waals surface area contributed by atoms with E-state index in [9.17, 15) is 43.8 Å². The van der Waals surface area contributed by atoms with E-state index < -0.39 is 28.8 Å². The molecule has 342 valence electrons. The molecule has 2 rings (SSSR count). The Hall–Kier alpha value is -3.65. The predicted octanol–water partition coefficient (Wildman–Crippen LogP) is 1.30. The van der Waals surface area contributed by atoms with Crippen LogP contribution in [0.1, 0.15) is 84.1 Å². The van der Waals surface area contributed by atoms with Crippen molar-refractivity contribution in [2.75, 3.05) is 124 Å². The number of rotatable bonds is 35. The second-order valence-electron chi connectivity index (χ2n) is 15.3. The minimum absolute atomic E-state index is 0.0383. The second kappa shape index (κ2) is 31.2. The molecule has 0 saturated carbocycles. The van der Waals surface area contributed by atoms with Gasteiger partial charge in [0.1, 0.15) is 12.3 Å². The Bertz CT molecular complexity index is 1490. The molecule has 0 bridgehead atoms. The molecule has 0 aromatic heterocycles. The van der Waals surface area contributed by atoms with Crippen molar-refractivity contribution in [3.63, 3.8) is 0 Å². The van der Waals surface area contributed by atoms with Crippen molar-refractivity contribution in [3.8, 4) is 0 Å². The summed E-state index contributed by atoms with van der Waals surface area (Å²) >= 11 is 0. The molecule has 1 saturated heterocycles. The van der Waals surface area contributed by atoms with Gasteiger partial charge in [-0.1, -0.05) is 6.92 Å². The smallest absolute Gasteiger partial charge is 0.320 e. The summed E-state index contributed by atoms with van der Waals surface area (Å²) < 4.78 is 22.6. The van der Waals surface area contributed by atoms with Crippen molar-refractivity contribution in [2.45, 2.75) is 97.1 Å². The maximum absolute atomic E-state index is 12.3. The third-order valence-corrected chi connectivity index (χ3v) is 10.3. The molecule has 1 aromatic carbocycles. The van der Waals surface area contributed by atoms with Gasteiger partial charge in [-0.05, 0) is 64.7 Å². The summed E-state index contributed by atoms with van der Waals surface area (Å²) in [5, 5.41) is 22.4. The van der Waals surface area contributed by atoms with Crippen LogP contribution in [0.3, 0.4) is 0 Å². The van der Waals surface area contributed by atoms with Gasteiger partial charge in [0.2, 0.25) is 16.8 Å². The Morgan fingerprint density at radius 1 is 0.817 bits per heavy atom.